The Balaban J connectivity index is 1.79. The van der Waals surface area contributed by atoms with Crippen molar-refractivity contribution in [1.29, 1.82) is 0 Å². The van der Waals surface area contributed by atoms with Crippen molar-refractivity contribution in [3.63, 3.8) is 0 Å². The summed E-state index contributed by atoms with van der Waals surface area (Å²) in [5.41, 5.74) is 1.89. The average molecular weight is 371 g/mol. The van der Waals surface area contributed by atoms with Crippen LogP contribution >= 0.6 is 0 Å². The monoisotopic (exact) mass is 371 g/mol. The quantitative estimate of drug-likeness (QED) is 0.475. The summed E-state index contributed by atoms with van der Waals surface area (Å²) in [6.45, 7) is 5.19. The topological polar surface area (TPSA) is 97.4 Å². The number of ether oxygens (including phenoxy) is 2. The third-order valence-corrected chi connectivity index (χ3v) is 4.16. The number of hydrogen-bond donors (Lipinski definition) is 1. The zero-order valence-corrected chi connectivity index (χ0v) is 15.0. The molecular formula is C19H21N3O5. The van der Waals surface area contributed by atoms with Crippen molar-refractivity contribution in [3.05, 3.63) is 52.1 Å². The van der Waals surface area contributed by atoms with Crippen LogP contribution in [0.5, 0.6) is 11.5 Å². The van der Waals surface area contributed by atoms with Crippen molar-refractivity contribution in [2.24, 2.45) is 4.99 Å². The van der Waals surface area contributed by atoms with Crippen LogP contribution in [0.25, 0.3) is 0 Å². The molecule has 1 N–H and O–H groups in total. The molecule has 0 aliphatic carbocycles. The van der Waals surface area contributed by atoms with Gasteiger partial charge in [-0.3, -0.25) is 15.1 Å². The Morgan fingerprint density at radius 3 is 2.63 bits per heavy atom. The number of nitrogens with zero attached hydrogens (tertiary/aromatic N) is 3. The molecule has 0 bridgehead atoms. The summed E-state index contributed by atoms with van der Waals surface area (Å²) in [6.07, 6.45) is 1.51. The smallest absolute Gasteiger partial charge is 0.315 e. The SMILES string of the molecule is CCOc1cc(C=Nc2ccc(N3CCOCC3)cc2)cc([N+](=O)[O-])c1O. The van der Waals surface area contributed by atoms with Crippen LogP contribution in [0.2, 0.25) is 0 Å². The maximum absolute atomic E-state index is 11.1. The van der Waals surface area contributed by atoms with Crippen molar-refractivity contribution in [2.45, 2.75) is 6.92 Å². The van der Waals surface area contributed by atoms with Gasteiger partial charge in [0.15, 0.2) is 5.75 Å². The molecule has 8 nitrogen and oxygen atoms in total. The van der Waals surface area contributed by atoms with E-state index in [0.717, 1.165) is 37.7 Å². The van der Waals surface area contributed by atoms with Crippen LogP contribution in [0.1, 0.15) is 12.5 Å². The standard InChI is InChI=1S/C19H21N3O5/c1-2-27-18-12-14(11-17(19(18)23)22(24)25)13-20-15-3-5-16(6-4-15)21-7-9-26-10-8-21/h3-6,11-13,23H,2,7-10H2,1H3. The van der Waals surface area contributed by atoms with E-state index < -0.39 is 16.4 Å². The first kappa shape index (κ1) is 18.7. The molecule has 0 amide bonds. The minimum absolute atomic E-state index is 0.0656. The predicted molar refractivity (Wildman–Crippen MR) is 103 cm³/mol. The van der Waals surface area contributed by atoms with Crippen molar-refractivity contribution in [2.75, 3.05) is 37.8 Å². The summed E-state index contributed by atoms with van der Waals surface area (Å²) in [6, 6.07) is 10.5. The lowest BCUT2D eigenvalue weighted by Gasteiger charge is -2.28. The summed E-state index contributed by atoms with van der Waals surface area (Å²) in [5.74, 6) is -0.412. The van der Waals surface area contributed by atoms with Gasteiger partial charge in [-0.25, -0.2) is 0 Å². The third kappa shape index (κ3) is 4.53. The first-order valence-electron chi connectivity index (χ1n) is 8.69. The van der Waals surface area contributed by atoms with Gasteiger partial charge in [-0.1, -0.05) is 0 Å². The molecule has 0 saturated carbocycles. The molecule has 0 radical (unpaired) electrons. The molecule has 0 aromatic heterocycles. The summed E-state index contributed by atoms with van der Waals surface area (Å²) < 4.78 is 10.6. The lowest BCUT2D eigenvalue weighted by atomic mass is 10.2. The van der Waals surface area contributed by atoms with Gasteiger partial charge in [-0.15, -0.1) is 0 Å². The molecule has 1 saturated heterocycles. The maximum Gasteiger partial charge on any atom is 0.315 e. The molecule has 1 aliphatic rings. The number of phenolic OH excluding ortho intramolecular Hbond substituents is 1. The fraction of sp³-hybridized carbons (Fsp3) is 0.316. The molecule has 1 heterocycles. The molecule has 27 heavy (non-hydrogen) atoms. The maximum atomic E-state index is 11.1. The van der Waals surface area contributed by atoms with Gasteiger partial charge in [0.1, 0.15) is 0 Å². The molecule has 142 valence electrons. The van der Waals surface area contributed by atoms with Gasteiger partial charge in [0.05, 0.1) is 30.4 Å². The summed E-state index contributed by atoms with van der Waals surface area (Å²) in [5, 5.41) is 21.1. The van der Waals surface area contributed by atoms with Gasteiger partial charge < -0.3 is 19.5 Å². The van der Waals surface area contributed by atoms with Crippen molar-refractivity contribution in [1.82, 2.24) is 0 Å². The summed E-state index contributed by atoms with van der Waals surface area (Å²) >= 11 is 0. The van der Waals surface area contributed by atoms with Gasteiger partial charge >= 0.3 is 5.69 Å². The van der Waals surface area contributed by atoms with E-state index in [0.29, 0.717) is 5.56 Å². The zero-order valence-electron chi connectivity index (χ0n) is 15.0. The number of nitro groups is 1. The lowest BCUT2D eigenvalue weighted by Crippen LogP contribution is -2.36. The Bertz CT molecular complexity index is 830. The lowest BCUT2D eigenvalue weighted by molar-refractivity contribution is -0.386. The first-order valence-corrected chi connectivity index (χ1v) is 8.69. The van der Waals surface area contributed by atoms with E-state index in [1.807, 2.05) is 24.3 Å². The first-order chi connectivity index (χ1) is 13.1. The Labute approximate surface area is 156 Å². The number of hydrogen-bond acceptors (Lipinski definition) is 7. The molecule has 0 unspecified atom stereocenters. The Kier molecular flexibility index (Phi) is 5.87. The molecule has 3 rings (SSSR count). The van der Waals surface area contributed by atoms with E-state index in [-0.39, 0.29) is 12.4 Å². The average Bonchev–Trinajstić information content (AvgIpc) is 2.69. The van der Waals surface area contributed by atoms with Crippen LogP contribution in [-0.4, -0.2) is 49.2 Å². The number of morpholine rings is 1. The van der Waals surface area contributed by atoms with Crippen LogP contribution < -0.4 is 9.64 Å². The van der Waals surface area contributed by atoms with Gasteiger partial charge in [0, 0.05) is 36.6 Å². The van der Waals surface area contributed by atoms with E-state index in [2.05, 4.69) is 9.89 Å². The van der Waals surface area contributed by atoms with E-state index in [1.165, 1.54) is 18.3 Å². The second kappa shape index (κ2) is 8.50. The molecule has 2 aromatic rings. The van der Waals surface area contributed by atoms with Crippen LogP contribution in [0.4, 0.5) is 17.1 Å². The summed E-state index contributed by atoms with van der Waals surface area (Å²) in [7, 11) is 0. The highest BCUT2D eigenvalue weighted by Crippen LogP contribution is 2.36. The van der Waals surface area contributed by atoms with Crippen LogP contribution in [0.3, 0.4) is 0 Å². The van der Waals surface area contributed by atoms with Crippen LogP contribution in [0.15, 0.2) is 41.4 Å². The van der Waals surface area contributed by atoms with Gasteiger partial charge in [0.2, 0.25) is 5.75 Å². The fourth-order valence-corrected chi connectivity index (χ4v) is 2.81. The number of phenols is 1. The normalized spacial score (nSPS) is 14.5. The second-order valence-electron chi connectivity index (χ2n) is 5.95. The molecule has 1 aliphatic heterocycles. The number of rotatable bonds is 6. The number of nitro benzene ring substituents is 1. The Hall–Kier alpha value is -3.13. The van der Waals surface area contributed by atoms with E-state index in [9.17, 15) is 15.2 Å². The van der Waals surface area contributed by atoms with Gasteiger partial charge in [-0.2, -0.15) is 0 Å². The van der Waals surface area contributed by atoms with E-state index >= 15 is 0 Å². The highest BCUT2D eigenvalue weighted by molar-refractivity contribution is 5.85. The number of aromatic hydroxyl groups is 1. The molecule has 0 spiro atoms. The number of aliphatic imine (C=N–C) groups is 1. The highest BCUT2D eigenvalue weighted by atomic mass is 16.6. The van der Waals surface area contributed by atoms with E-state index in [1.54, 1.807) is 6.92 Å². The van der Waals surface area contributed by atoms with Crippen molar-refractivity contribution in [3.8, 4) is 11.5 Å². The predicted octanol–water partition coefficient (Wildman–Crippen LogP) is 3.29. The molecule has 0 atom stereocenters. The minimum Gasteiger partial charge on any atom is -0.500 e. The third-order valence-electron chi connectivity index (χ3n) is 4.16. The number of anilines is 1. The second-order valence-corrected chi connectivity index (χ2v) is 5.95. The minimum atomic E-state index is -0.647. The van der Waals surface area contributed by atoms with Crippen LogP contribution in [-0.2, 0) is 4.74 Å². The zero-order chi connectivity index (χ0) is 19.2. The molecular weight excluding hydrogens is 350 g/mol. The van der Waals surface area contributed by atoms with Crippen molar-refractivity contribution < 1.29 is 19.5 Å². The molecule has 1 fully saturated rings. The Morgan fingerprint density at radius 1 is 1.30 bits per heavy atom. The van der Waals surface area contributed by atoms with Crippen molar-refractivity contribution >= 4 is 23.3 Å². The molecule has 2 aromatic carbocycles. The summed E-state index contributed by atoms with van der Waals surface area (Å²) in [4.78, 5) is 17.1. The van der Waals surface area contributed by atoms with Crippen LogP contribution in [0, 0.1) is 10.1 Å². The number of benzene rings is 2. The largest absolute Gasteiger partial charge is 0.500 e. The molecule has 8 heteroatoms. The fourth-order valence-electron chi connectivity index (χ4n) is 2.81. The van der Waals surface area contributed by atoms with E-state index in [4.69, 9.17) is 9.47 Å². The highest BCUT2D eigenvalue weighted by Gasteiger charge is 2.19. The van der Waals surface area contributed by atoms with Gasteiger partial charge in [0.25, 0.3) is 0 Å². The Morgan fingerprint density at radius 2 is 2.00 bits per heavy atom. The van der Waals surface area contributed by atoms with Gasteiger partial charge in [-0.05, 0) is 37.3 Å².